The van der Waals surface area contributed by atoms with Gasteiger partial charge in [-0.25, -0.2) is 9.18 Å². The maximum absolute atomic E-state index is 15.0. The molecular formula is C21H22F3N5O2. The van der Waals surface area contributed by atoms with Crippen molar-refractivity contribution in [1.82, 2.24) is 14.7 Å². The van der Waals surface area contributed by atoms with Crippen molar-refractivity contribution < 1.29 is 23.1 Å². The molecule has 0 unspecified atom stereocenters. The highest BCUT2D eigenvalue weighted by Crippen LogP contribution is 2.43. The lowest BCUT2D eigenvalue weighted by Gasteiger charge is -2.28. The van der Waals surface area contributed by atoms with Gasteiger partial charge in [-0.1, -0.05) is 6.92 Å². The quantitative estimate of drug-likeness (QED) is 0.758. The first kappa shape index (κ1) is 21.2. The van der Waals surface area contributed by atoms with Crippen LogP contribution in [0, 0.1) is 17.1 Å². The number of carbonyl (C=O) groups excluding carboxylic acids is 1. The third-order valence-corrected chi connectivity index (χ3v) is 6.08. The first-order valence-corrected chi connectivity index (χ1v) is 10.1. The van der Waals surface area contributed by atoms with E-state index in [-0.39, 0.29) is 43.0 Å². The molecule has 3 heterocycles. The highest BCUT2D eigenvalue weighted by molar-refractivity contribution is 5.89. The topological polar surface area (TPSA) is 94.2 Å². The van der Waals surface area contributed by atoms with Crippen LogP contribution in [0.25, 0.3) is 0 Å². The van der Waals surface area contributed by atoms with Gasteiger partial charge in [0.15, 0.2) is 0 Å². The zero-order chi connectivity index (χ0) is 22.4. The maximum Gasteiger partial charge on any atom is 0.322 e. The van der Waals surface area contributed by atoms with E-state index < -0.39 is 29.8 Å². The molecule has 0 spiro atoms. The van der Waals surface area contributed by atoms with Gasteiger partial charge in [-0.05, 0) is 31.0 Å². The van der Waals surface area contributed by atoms with Crippen LogP contribution in [0.5, 0.6) is 0 Å². The van der Waals surface area contributed by atoms with E-state index in [4.69, 9.17) is 5.26 Å². The van der Waals surface area contributed by atoms with Gasteiger partial charge in [0, 0.05) is 30.6 Å². The van der Waals surface area contributed by atoms with Crippen LogP contribution in [-0.2, 0) is 25.4 Å². The van der Waals surface area contributed by atoms with E-state index in [0.29, 0.717) is 24.1 Å². The van der Waals surface area contributed by atoms with Gasteiger partial charge in [0.05, 0.1) is 29.9 Å². The monoisotopic (exact) mass is 433 g/mol. The predicted octanol–water partition coefficient (Wildman–Crippen LogP) is 3.51. The number of fused-ring (bicyclic) bond motifs is 3. The number of nitriles is 1. The van der Waals surface area contributed by atoms with Crippen molar-refractivity contribution in [1.29, 1.82) is 5.26 Å². The van der Waals surface area contributed by atoms with Gasteiger partial charge in [-0.3, -0.25) is 4.68 Å². The summed E-state index contributed by atoms with van der Waals surface area (Å²) in [6.07, 6.45) is 0.110. The molecular weight excluding hydrogens is 411 g/mol. The fraction of sp³-hybridized carbons (Fsp3) is 0.476. The second-order valence-electron chi connectivity index (χ2n) is 8.12. The Morgan fingerprint density at radius 1 is 1.39 bits per heavy atom. The average molecular weight is 433 g/mol. The second kappa shape index (κ2) is 7.57. The summed E-state index contributed by atoms with van der Waals surface area (Å²) in [4.78, 5) is 14.1. The van der Waals surface area contributed by atoms with Crippen molar-refractivity contribution in [3.63, 3.8) is 0 Å². The Hall–Kier alpha value is -3.06. The number of anilines is 1. The summed E-state index contributed by atoms with van der Waals surface area (Å²) in [6, 6.07) is 4.79. The lowest BCUT2D eigenvalue weighted by Crippen LogP contribution is -2.39. The van der Waals surface area contributed by atoms with Crippen molar-refractivity contribution in [2.45, 2.75) is 57.2 Å². The van der Waals surface area contributed by atoms with Crippen LogP contribution < -0.4 is 5.32 Å². The summed E-state index contributed by atoms with van der Waals surface area (Å²) >= 11 is 0. The molecule has 0 bridgehead atoms. The van der Waals surface area contributed by atoms with Gasteiger partial charge in [0.2, 0.25) is 0 Å². The standard InChI is InChI=1S/C21H22F3N5O2/c1-2-20(31)6-7-21(23,24)18-15-11-28(8-5-17(15)27-29(18)12-20)19(30)26-14-3-4-16(22)13(9-14)10-25/h3-4,9,31H,2,5-8,11-12H2,1H3,(H,26,30)/t20-/m0/s1. The first-order valence-electron chi connectivity index (χ1n) is 10.1. The number of aliphatic hydroxyl groups is 1. The van der Waals surface area contributed by atoms with Crippen molar-refractivity contribution in [3.05, 3.63) is 46.5 Å². The number of urea groups is 1. The molecule has 2 N–H and O–H groups in total. The molecule has 1 aromatic carbocycles. The molecule has 2 amide bonds. The van der Waals surface area contributed by atoms with Gasteiger partial charge in [-0.2, -0.15) is 19.1 Å². The van der Waals surface area contributed by atoms with Crippen molar-refractivity contribution in [2.24, 2.45) is 0 Å². The minimum absolute atomic E-state index is 0.0138. The van der Waals surface area contributed by atoms with Gasteiger partial charge >= 0.3 is 6.03 Å². The highest BCUT2D eigenvalue weighted by Gasteiger charge is 2.46. The number of aromatic nitrogens is 2. The van der Waals surface area contributed by atoms with E-state index in [1.165, 1.54) is 21.7 Å². The zero-order valence-corrected chi connectivity index (χ0v) is 17.0. The van der Waals surface area contributed by atoms with Gasteiger partial charge in [0.25, 0.3) is 5.92 Å². The van der Waals surface area contributed by atoms with E-state index >= 15 is 0 Å². The van der Waals surface area contributed by atoms with E-state index in [1.807, 2.05) is 0 Å². The Kier molecular flexibility index (Phi) is 5.17. The number of nitrogens with one attached hydrogen (secondary N) is 1. The molecule has 0 saturated carbocycles. The number of benzene rings is 1. The van der Waals surface area contributed by atoms with Crippen LogP contribution in [0.1, 0.15) is 48.7 Å². The Labute approximate surface area is 177 Å². The van der Waals surface area contributed by atoms with Crippen LogP contribution in [0.2, 0.25) is 0 Å². The summed E-state index contributed by atoms with van der Waals surface area (Å²) in [5, 5.41) is 26.5. The fourth-order valence-corrected chi connectivity index (χ4v) is 4.17. The third-order valence-electron chi connectivity index (χ3n) is 6.08. The van der Waals surface area contributed by atoms with Crippen LogP contribution in [0.3, 0.4) is 0 Å². The molecule has 0 saturated heterocycles. The lowest BCUT2D eigenvalue weighted by atomic mass is 9.93. The van der Waals surface area contributed by atoms with Crippen molar-refractivity contribution in [3.8, 4) is 6.07 Å². The van der Waals surface area contributed by atoms with E-state index in [0.717, 1.165) is 6.07 Å². The maximum atomic E-state index is 15.0. The molecule has 4 rings (SSSR count). The number of hydrogen-bond donors (Lipinski definition) is 2. The Balaban J connectivity index is 1.59. The first-order chi connectivity index (χ1) is 14.7. The van der Waals surface area contributed by atoms with Crippen LogP contribution in [0.15, 0.2) is 18.2 Å². The molecule has 0 radical (unpaired) electrons. The van der Waals surface area contributed by atoms with Crippen LogP contribution in [0.4, 0.5) is 23.7 Å². The number of rotatable bonds is 2. The molecule has 1 aromatic heterocycles. The number of carbonyl (C=O) groups is 1. The minimum atomic E-state index is -3.17. The number of amides is 2. The number of halogens is 3. The lowest BCUT2D eigenvalue weighted by molar-refractivity contribution is -0.0416. The summed E-state index contributed by atoms with van der Waals surface area (Å²) in [6.45, 7) is 1.96. The summed E-state index contributed by atoms with van der Waals surface area (Å²) < 4.78 is 44.7. The van der Waals surface area contributed by atoms with E-state index in [1.54, 1.807) is 13.0 Å². The molecule has 0 aliphatic carbocycles. The Morgan fingerprint density at radius 2 is 2.16 bits per heavy atom. The van der Waals surface area contributed by atoms with E-state index in [9.17, 15) is 23.1 Å². The summed E-state index contributed by atoms with van der Waals surface area (Å²) in [5.41, 5.74) is -0.639. The second-order valence-corrected chi connectivity index (χ2v) is 8.12. The fourth-order valence-electron chi connectivity index (χ4n) is 4.17. The Morgan fingerprint density at radius 3 is 2.87 bits per heavy atom. The Bertz CT molecular complexity index is 1080. The predicted molar refractivity (Wildman–Crippen MR) is 105 cm³/mol. The number of nitrogens with zero attached hydrogens (tertiary/aromatic N) is 4. The molecule has 164 valence electrons. The van der Waals surface area contributed by atoms with Gasteiger partial charge < -0.3 is 15.3 Å². The van der Waals surface area contributed by atoms with Crippen molar-refractivity contribution >= 4 is 11.7 Å². The molecule has 7 nitrogen and oxygen atoms in total. The van der Waals surface area contributed by atoms with Crippen LogP contribution in [-0.4, -0.2) is 38.0 Å². The largest absolute Gasteiger partial charge is 0.388 e. The average Bonchev–Trinajstić information content (AvgIpc) is 3.06. The number of alkyl halides is 2. The smallest absolute Gasteiger partial charge is 0.322 e. The molecule has 2 aromatic rings. The summed E-state index contributed by atoms with van der Waals surface area (Å²) in [5.74, 6) is -3.86. The molecule has 1 atom stereocenters. The minimum Gasteiger partial charge on any atom is -0.388 e. The van der Waals surface area contributed by atoms with Crippen LogP contribution >= 0.6 is 0 Å². The zero-order valence-electron chi connectivity index (χ0n) is 17.0. The molecule has 10 heteroatoms. The highest BCUT2D eigenvalue weighted by atomic mass is 19.3. The third kappa shape index (κ3) is 3.85. The van der Waals surface area contributed by atoms with Gasteiger partial charge in [-0.15, -0.1) is 0 Å². The molecule has 2 aliphatic rings. The summed E-state index contributed by atoms with van der Waals surface area (Å²) in [7, 11) is 0. The van der Waals surface area contributed by atoms with Crippen molar-refractivity contribution in [2.75, 3.05) is 11.9 Å². The van der Waals surface area contributed by atoms with E-state index in [2.05, 4.69) is 10.4 Å². The molecule has 31 heavy (non-hydrogen) atoms. The normalized spacial score (nSPS) is 22.1. The number of hydrogen-bond acceptors (Lipinski definition) is 4. The van der Waals surface area contributed by atoms with Gasteiger partial charge in [0.1, 0.15) is 17.6 Å². The molecule has 0 fully saturated rings. The SMILES string of the molecule is CC[C@]1(O)CCC(F)(F)c2c3c(nn2C1)CCN(C(=O)Nc1ccc(F)c(C#N)c1)C3. The molecule has 2 aliphatic heterocycles.